The van der Waals surface area contributed by atoms with E-state index in [0.29, 0.717) is 17.2 Å². The van der Waals surface area contributed by atoms with Crippen molar-refractivity contribution in [3.8, 4) is 0 Å². The van der Waals surface area contributed by atoms with Crippen LogP contribution in [0, 0.1) is 6.92 Å². The normalized spacial score (nSPS) is 16.4. The summed E-state index contributed by atoms with van der Waals surface area (Å²) in [6, 6.07) is 13.8. The highest BCUT2D eigenvalue weighted by molar-refractivity contribution is 6.23. The Hall–Kier alpha value is -3.21. The van der Waals surface area contributed by atoms with E-state index in [0.717, 1.165) is 11.1 Å². The minimum absolute atomic E-state index is 0.0315. The molecule has 1 aliphatic rings. The summed E-state index contributed by atoms with van der Waals surface area (Å²) < 4.78 is 0. The number of carbonyl (C=O) groups excluding carboxylic acids is 3. The number of imide groups is 1. The molecule has 29 heavy (non-hydrogen) atoms. The summed E-state index contributed by atoms with van der Waals surface area (Å²) in [6.45, 7) is 10.0. The second-order valence-electron chi connectivity index (χ2n) is 7.65. The van der Waals surface area contributed by atoms with E-state index >= 15 is 0 Å². The van der Waals surface area contributed by atoms with Crippen molar-refractivity contribution in [2.45, 2.75) is 39.2 Å². The van der Waals surface area contributed by atoms with Crippen molar-refractivity contribution in [1.29, 1.82) is 0 Å². The highest BCUT2D eigenvalue weighted by atomic mass is 16.2. The molecule has 2 aromatic rings. The van der Waals surface area contributed by atoms with Crippen LogP contribution in [0.4, 0.5) is 5.69 Å². The molecule has 1 heterocycles. The van der Waals surface area contributed by atoms with Crippen LogP contribution in [0.1, 0.15) is 47.7 Å². The van der Waals surface area contributed by atoms with Crippen LogP contribution >= 0.6 is 0 Å². The number of anilines is 1. The second-order valence-corrected chi connectivity index (χ2v) is 7.65. The van der Waals surface area contributed by atoms with Gasteiger partial charge in [0.2, 0.25) is 5.91 Å². The Morgan fingerprint density at radius 3 is 2.31 bits per heavy atom. The number of carbonyl (C=O) groups is 3. The Labute approximate surface area is 171 Å². The van der Waals surface area contributed by atoms with E-state index in [9.17, 15) is 14.4 Å². The van der Waals surface area contributed by atoms with Crippen LogP contribution in [0.2, 0.25) is 0 Å². The molecular formula is C24H26N2O3. The van der Waals surface area contributed by atoms with Gasteiger partial charge in [-0.2, -0.15) is 0 Å². The summed E-state index contributed by atoms with van der Waals surface area (Å²) in [5.74, 6) is -0.609. The van der Waals surface area contributed by atoms with Gasteiger partial charge >= 0.3 is 0 Å². The zero-order chi connectivity index (χ0) is 21.1. The third kappa shape index (κ3) is 4.14. The largest absolute Gasteiger partial charge is 0.322 e. The van der Waals surface area contributed by atoms with Crippen LogP contribution in [0.5, 0.6) is 0 Å². The van der Waals surface area contributed by atoms with Crippen molar-refractivity contribution in [2.75, 3.05) is 11.4 Å². The van der Waals surface area contributed by atoms with Gasteiger partial charge in [0.1, 0.15) is 6.04 Å². The lowest BCUT2D eigenvalue weighted by Crippen LogP contribution is -2.45. The molecule has 0 radical (unpaired) electrons. The van der Waals surface area contributed by atoms with E-state index in [1.807, 2.05) is 31.2 Å². The van der Waals surface area contributed by atoms with Crippen molar-refractivity contribution >= 4 is 23.4 Å². The van der Waals surface area contributed by atoms with Gasteiger partial charge in [-0.25, -0.2) is 4.90 Å². The maximum absolute atomic E-state index is 13.1. The van der Waals surface area contributed by atoms with Crippen LogP contribution in [0.25, 0.3) is 0 Å². The predicted molar refractivity (Wildman–Crippen MR) is 114 cm³/mol. The van der Waals surface area contributed by atoms with Gasteiger partial charge in [0, 0.05) is 12.1 Å². The van der Waals surface area contributed by atoms with E-state index in [-0.39, 0.29) is 30.7 Å². The topological polar surface area (TPSA) is 57.7 Å². The number of hydrogen-bond acceptors (Lipinski definition) is 3. The Bertz CT molecular complexity index is 930. The molecular weight excluding hydrogens is 364 g/mol. The molecule has 5 nitrogen and oxygen atoms in total. The highest BCUT2D eigenvalue weighted by Gasteiger charge is 2.44. The van der Waals surface area contributed by atoms with Crippen molar-refractivity contribution in [1.82, 2.24) is 4.90 Å². The van der Waals surface area contributed by atoms with Gasteiger partial charge in [0.25, 0.3) is 11.8 Å². The molecule has 3 rings (SSSR count). The third-order valence-electron chi connectivity index (χ3n) is 5.20. The summed E-state index contributed by atoms with van der Waals surface area (Å²) in [5, 5.41) is 0. The second kappa shape index (κ2) is 8.43. The number of amides is 3. The number of hydrogen-bond donors (Lipinski definition) is 0. The lowest BCUT2D eigenvalue weighted by atomic mass is 10.0. The van der Waals surface area contributed by atoms with Crippen molar-refractivity contribution in [3.63, 3.8) is 0 Å². The molecule has 1 unspecified atom stereocenters. The first kappa shape index (κ1) is 20.5. The third-order valence-corrected chi connectivity index (χ3v) is 5.20. The van der Waals surface area contributed by atoms with Crippen LogP contribution in [0.3, 0.4) is 0 Å². The molecule has 0 spiro atoms. The first-order chi connectivity index (χ1) is 13.8. The molecule has 1 saturated heterocycles. The molecule has 1 fully saturated rings. The fourth-order valence-electron chi connectivity index (χ4n) is 3.49. The van der Waals surface area contributed by atoms with Crippen LogP contribution in [-0.2, 0) is 9.59 Å². The number of nitrogens with zero attached hydrogens (tertiary/aromatic N) is 2. The molecule has 3 amide bonds. The smallest absolute Gasteiger partial charge is 0.257 e. The minimum Gasteiger partial charge on any atom is -0.322 e. The number of rotatable bonds is 6. The Kier molecular flexibility index (Phi) is 5.97. The Balaban J connectivity index is 1.87. The molecule has 0 bridgehead atoms. The maximum Gasteiger partial charge on any atom is 0.257 e. The molecule has 0 aliphatic carbocycles. The summed E-state index contributed by atoms with van der Waals surface area (Å²) >= 11 is 0. The minimum atomic E-state index is -0.834. The first-order valence-corrected chi connectivity index (χ1v) is 9.78. The van der Waals surface area contributed by atoms with Gasteiger partial charge in [-0.3, -0.25) is 14.4 Å². The molecule has 150 valence electrons. The molecule has 0 saturated carbocycles. The Morgan fingerprint density at radius 1 is 1.14 bits per heavy atom. The van der Waals surface area contributed by atoms with E-state index in [1.54, 1.807) is 30.3 Å². The van der Waals surface area contributed by atoms with Crippen molar-refractivity contribution in [2.24, 2.45) is 0 Å². The lowest BCUT2D eigenvalue weighted by Gasteiger charge is -2.26. The fraction of sp³-hybridized carbons (Fsp3) is 0.292. The standard InChI is InChI=1S/C24H26N2O3/c1-5-14-25(23(28)19-8-6-17(4)7-9-19)21-15-22(27)26(24(21)29)20-12-10-18(11-13-20)16(2)3/h5-13,16,21H,1,14-15H2,2-4H3. The van der Waals surface area contributed by atoms with Gasteiger partial charge in [-0.1, -0.05) is 49.8 Å². The van der Waals surface area contributed by atoms with Crippen LogP contribution < -0.4 is 4.90 Å². The van der Waals surface area contributed by atoms with Crippen molar-refractivity contribution < 1.29 is 14.4 Å². The van der Waals surface area contributed by atoms with Gasteiger partial charge in [-0.15, -0.1) is 6.58 Å². The average molecular weight is 390 g/mol. The first-order valence-electron chi connectivity index (χ1n) is 9.78. The van der Waals surface area contributed by atoms with Gasteiger partial charge in [-0.05, 0) is 42.7 Å². The van der Waals surface area contributed by atoms with Gasteiger partial charge in [0.15, 0.2) is 0 Å². The number of aryl methyl sites for hydroxylation is 1. The summed E-state index contributed by atoms with van der Waals surface area (Å²) in [7, 11) is 0. The van der Waals surface area contributed by atoms with Gasteiger partial charge < -0.3 is 4.90 Å². The molecule has 5 heteroatoms. The SMILES string of the molecule is C=CCN(C(=O)c1ccc(C)cc1)C1CC(=O)N(c2ccc(C(C)C)cc2)C1=O. The maximum atomic E-state index is 13.1. The van der Waals surface area contributed by atoms with E-state index in [2.05, 4.69) is 20.4 Å². The molecule has 0 aromatic heterocycles. The van der Waals surface area contributed by atoms with E-state index in [1.165, 1.54) is 9.80 Å². The quantitative estimate of drug-likeness (QED) is 0.552. The number of benzene rings is 2. The monoisotopic (exact) mass is 390 g/mol. The average Bonchev–Trinajstić information content (AvgIpc) is 3.00. The van der Waals surface area contributed by atoms with Crippen LogP contribution in [0.15, 0.2) is 61.2 Å². The molecule has 1 atom stereocenters. The van der Waals surface area contributed by atoms with E-state index in [4.69, 9.17) is 0 Å². The summed E-state index contributed by atoms with van der Waals surface area (Å²) in [5.41, 5.74) is 3.19. The zero-order valence-electron chi connectivity index (χ0n) is 17.1. The fourth-order valence-corrected chi connectivity index (χ4v) is 3.49. The molecule has 2 aromatic carbocycles. The van der Waals surface area contributed by atoms with Crippen molar-refractivity contribution in [3.05, 3.63) is 77.9 Å². The molecule has 1 aliphatic heterocycles. The van der Waals surface area contributed by atoms with E-state index < -0.39 is 6.04 Å². The van der Waals surface area contributed by atoms with Gasteiger partial charge in [0.05, 0.1) is 12.1 Å². The summed E-state index contributed by atoms with van der Waals surface area (Å²) in [4.78, 5) is 41.4. The lowest BCUT2D eigenvalue weighted by molar-refractivity contribution is -0.122. The highest BCUT2D eigenvalue weighted by Crippen LogP contribution is 2.28. The Morgan fingerprint density at radius 2 is 1.76 bits per heavy atom. The summed E-state index contributed by atoms with van der Waals surface area (Å²) in [6.07, 6.45) is 1.54. The molecule has 0 N–H and O–H groups in total. The zero-order valence-corrected chi connectivity index (χ0v) is 17.1. The predicted octanol–water partition coefficient (Wildman–Crippen LogP) is 4.08. The van der Waals surface area contributed by atoms with Crippen LogP contribution in [-0.4, -0.2) is 35.2 Å².